The highest BCUT2D eigenvalue weighted by atomic mass is 35.5. The Labute approximate surface area is 199 Å². The second kappa shape index (κ2) is 11.2. The van der Waals surface area contributed by atoms with E-state index in [0.717, 1.165) is 6.07 Å². The Morgan fingerprint density at radius 3 is 2.41 bits per heavy atom. The van der Waals surface area contributed by atoms with Gasteiger partial charge in [-0.1, -0.05) is 35.0 Å². The number of carboxylic acid groups (broad SMARTS) is 1. The zero-order valence-electron chi connectivity index (χ0n) is 17.0. The molecule has 2 amide bonds. The zero-order valence-corrected chi connectivity index (χ0v) is 19.4. The minimum absolute atomic E-state index is 0.126. The molecule has 7 nitrogen and oxygen atoms in total. The number of thioether (sulfide) groups is 1. The number of allylic oxidation sites excluding steroid dienone is 1. The number of carbonyl (C=O) groups excluding carboxylic acids is 2. The van der Waals surface area contributed by atoms with E-state index in [9.17, 15) is 18.8 Å². The summed E-state index contributed by atoms with van der Waals surface area (Å²) in [5, 5.41) is 14.4. The summed E-state index contributed by atoms with van der Waals surface area (Å²) in [6.45, 7) is 0.306. The lowest BCUT2D eigenvalue weighted by molar-refractivity contribution is -0.143. The first-order valence-electron chi connectivity index (χ1n) is 10.2. The molecule has 1 aliphatic heterocycles. The molecular formula is C21H23Cl2FN2O5S. The first-order valence-corrected chi connectivity index (χ1v) is 11.8. The van der Waals surface area contributed by atoms with Crippen molar-refractivity contribution in [3.05, 3.63) is 39.0 Å². The van der Waals surface area contributed by atoms with Crippen LogP contribution in [0.2, 0.25) is 0 Å². The number of amides is 2. The molecule has 1 aliphatic carbocycles. The molecule has 0 aromatic heterocycles. The molecule has 1 aromatic rings. The fourth-order valence-corrected chi connectivity index (χ4v) is 5.24. The van der Waals surface area contributed by atoms with Gasteiger partial charge in [-0.25, -0.2) is 4.39 Å². The van der Waals surface area contributed by atoms with Crippen LogP contribution >= 0.6 is 35.0 Å². The van der Waals surface area contributed by atoms with Crippen LogP contribution in [0, 0.1) is 11.7 Å². The van der Waals surface area contributed by atoms with Gasteiger partial charge in [-0.15, -0.1) is 0 Å². The summed E-state index contributed by atoms with van der Waals surface area (Å²) in [5.74, 6) is -2.42. The first kappa shape index (κ1) is 24.7. The normalized spacial score (nSPS) is 23.0. The van der Waals surface area contributed by atoms with E-state index in [4.69, 9.17) is 33.0 Å². The van der Waals surface area contributed by atoms with Crippen LogP contribution in [0.5, 0.6) is 5.75 Å². The Morgan fingerprint density at radius 2 is 1.81 bits per heavy atom. The highest BCUT2D eigenvalue weighted by molar-refractivity contribution is 8.06. The first-order chi connectivity index (χ1) is 15.2. The van der Waals surface area contributed by atoms with E-state index in [0.29, 0.717) is 47.3 Å². The van der Waals surface area contributed by atoms with Crippen LogP contribution < -0.4 is 15.4 Å². The summed E-state index contributed by atoms with van der Waals surface area (Å²) in [4.78, 5) is 35.3. The van der Waals surface area contributed by atoms with Crippen molar-refractivity contribution >= 4 is 52.7 Å². The summed E-state index contributed by atoms with van der Waals surface area (Å²) in [7, 11) is 0. The highest BCUT2D eigenvalue weighted by Gasteiger charge is 2.29. The van der Waals surface area contributed by atoms with Gasteiger partial charge in [0.25, 0.3) is 5.91 Å². The summed E-state index contributed by atoms with van der Waals surface area (Å²) in [6, 6.07) is 4.00. The Balaban J connectivity index is 1.41. The third kappa shape index (κ3) is 6.52. The standard InChI is InChI=1S/C21H23Cl2FN2O5S/c22-15-10-17(32-18(15)23)20(28)26-8-7-25-19(27)14-6-5-13(9-16(14)24)31-12-3-1-11(2-4-12)21(29)30/h5-6,9,11-12,17H,1-4,7-8,10H2,(H,25,27)(H,26,28)(H,29,30). The van der Waals surface area contributed by atoms with Crippen molar-refractivity contribution in [3.63, 3.8) is 0 Å². The summed E-state index contributed by atoms with van der Waals surface area (Å²) in [6.07, 6.45) is 2.40. The molecule has 1 atom stereocenters. The molecule has 1 fully saturated rings. The number of aliphatic carboxylic acids is 1. The quantitative estimate of drug-likeness (QED) is 0.464. The summed E-state index contributed by atoms with van der Waals surface area (Å²) >= 11 is 13.0. The molecule has 0 saturated heterocycles. The second-order valence-electron chi connectivity index (χ2n) is 7.61. The van der Waals surface area contributed by atoms with Crippen LogP contribution in [0.25, 0.3) is 0 Å². The average molecular weight is 505 g/mol. The van der Waals surface area contributed by atoms with Gasteiger partial charge < -0.3 is 20.5 Å². The number of carboxylic acids is 1. The molecule has 3 rings (SSSR count). The van der Waals surface area contributed by atoms with Gasteiger partial charge in [0, 0.05) is 30.6 Å². The molecule has 1 unspecified atom stereocenters. The van der Waals surface area contributed by atoms with Gasteiger partial charge in [-0.3, -0.25) is 14.4 Å². The smallest absolute Gasteiger partial charge is 0.306 e. The monoisotopic (exact) mass is 504 g/mol. The number of halogens is 3. The fourth-order valence-electron chi connectivity index (χ4n) is 3.56. The van der Waals surface area contributed by atoms with E-state index >= 15 is 0 Å². The van der Waals surface area contributed by atoms with Gasteiger partial charge in [0.05, 0.1) is 27.2 Å². The number of hydrogen-bond donors (Lipinski definition) is 3. The predicted molar refractivity (Wildman–Crippen MR) is 120 cm³/mol. The maximum atomic E-state index is 14.4. The predicted octanol–water partition coefficient (Wildman–Crippen LogP) is 3.85. The number of carbonyl (C=O) groups is 3. The van der Waals surface area contributed by atoms with E-state index in [-0.39, 0.29) is 36.6 Å². The average Bonchev–Trinajstić information content (AvgIpc) is 3.10. The van der Waals surface area contributed by atoms with Crippen LogP contribution in [0.3, 0.4) is 0 Å². The molecular weight excluding hydrogens is 482 g/mol. The maximum absolute atomic E-state index is 14.4. The molecule has 11 heteroatoms. The molecule has 174 valence electrons. The van der Waals surface area contributed by atoms with E-state index in [1.165, 1.54) is 23.9 Å². The van der Waals surface area contributed by atoms with Crippen molar-refractivity contribution < 1.29 is 28.6 Å². The maximum Gasteiger partial charge on any atom is 0.306 e. The van der Waals surface area contributed by atoms with Crippen LogP contribution in [-0.4, -0.2) is 47.3 Å². The third-order valence-corrected chi connectivity index (χ3v) is 7.50. The number of rotatable bonds is 8. The molecule has 0 spiro atoms. The van der Waals surface area contributed by atoms with Crippen LogP contribution in [-0.2, 0) is 9.59 Å². The van der Waals surface area contributed by atoms with E-state index in [2.05, 4.69) is 10.6 Å². The Morgan fingerprint density at radius 1 is 1.12 bits per heavy atom. The van der Waals surface area contributed by atoms with Crippen LogP contribution in [0.15, 0.2) is 27.6 Å². The van der Waals surface area contributed by atoms with Crippen molar-refractivity contribution in [2.24, 2.45) is 5.92 Å². The Kier molecular flexibility index (Phi) is 8.67. The lowest BCUT2D eigenvalue weighted by Crippen LogP contribution is -2.38. The van der Waals surface area contributed by atoms with Gasteiger partial charge in [0.15, 0.2) is 0 Å². The van der Waals surface area contributed by atoms with Crippen LogP contribution in [0.1, 0.15) is 42.5 Å². The molecule has 3 N–H and O–H groups in total. The van der Waals surface area contributed by atoms with Crippen molar-refractivity contribution in [3.8, 4) is 5.75 Å². The molecule has 1 saturated carbocycles. The topological polar surface area (TPSA) is 105 Å². The molecule has 1 aromatic carbocycles. The third-order valence-electron chi connectivity index (χ3n) is 5.34. The van der Waals surface area contributed by atoms with Gasteiger partial charge in [0.2, 0.25) is 5.91 Å². The number of ether oxygens (including phenoxy) is 1. The van der Waals surface area contributed by atoms with Crippen LogP contribution in [0.4, 0.5) is 4.39 Å². The van der Waals surface area contributed by atoms with E-state index in [1.807, 2.05) is 0 Å². The van der Waals surface area contributed by atoms with Crippen molar-refractivity contribution in [2.45, 2.75) is 43.5 Å². The molecule has 2 aliphatic rings. The van der Waals surface area contributed by atoms with Gasteiger partial charge >= 0.3 is 5.97 Å². The highest BCUT2D eigenvalue weighted by Crippen LogP contribution is 2.41. The lowest BCUT2D eigenvalue weighted by atomic mass is 9.87. The fraction of sp³-hybridized carbons (Fsp3) is 0.476. The molecule has 1 heterocycles. The number of hydrogen-bond acceptors (Lipinski definition) is 5. The lowest BCUT2D eigenvalue weighted by Gasteiger charge is -2.26. The van der Waals surface area contributed by atoms with E-state index < -0.39 is 22.9 Å². The molecule has 0 bridgehead atoms. The van der Waals surface area contributed by atoms with Gasteiger partial charge in [-0.2, -0.15) is 0 Å². The van der Waals surface area contributed by atoms with Crippen molar-refractivity contribution in [2.75, 3.05) is 13.1 Å². The van der Waals surface area contributed by atoms with Gasteiger partial charge in [-0.05, 0) is 37.8 Å². The number of nitrogens with one attached hydrogen (secondary N) is 2. The minimum atomic E-state index is -0.798. The molecule has 32 heavy (non-hydrogen) atoms. The largest absolute Gasteiger partial charge is 0.490 e. The minimum Gasteiger partial charge on any atom is -0.490 e. The zero-order chi connectivity index (χ0) is 23.3. The molecule has 0 radical (unpaired) electrons. The summed E-state index contributed by atoms with van der Waals surface area (Å²) in [5.41, 5.74) is -0.132. The van der Waals surface area contributed by atoms with E-state index in [1.54, 1.807) is 0 Å². The van der Waals surface area contributed by atoms with Crippen molar-refractivity contribution in [1.29, 1.82) is 0 Å². The SMILES string of the molecule is O=C(NCCNC(=O)C1CC(Cl)=C(Cl)S1)c1ccc(OC2CCC(C(=O)O)CC2)cc1F. The summed E-state index contributed by atoms with van der Waals surface area (Å²) < 4.78 is 20.6. The second-order valence-corrected chi connectivity index (χ2v) is 9.88. The Hall–Kier alpha value is -1.97. The number of benzene rings is 1. The van der Waals surface area contributed by atoms with Crippen molar-refractivity contribution in [1.82, 2.24) is 10.6 Å². The van der Waals surface area contributed by atoms with Gasteiger partial charge in [0.1, 0.15) is 11.6 Å². The Bertz CT molecular complexity index is 907.